The molecule has 6 heterocycles. The van der Waals surface area contributed by atoms with Crippen molar-refractivity contribution in [1.29, 1.82) is 0 Å². The van der Waals surface area contributed by atoms with E-state index in [1.807, 2.05) is 255 Å². The molecule has 6 aliphatic heterocycles. The van der Waals surface area contributed by atoms with Gasteiger partial charge >= 0.3 is 0 Å². The molecule has 0 fully saturated rings. The lowest BCUT2D eigenvalue weighted by molar-refractivity contribution is 0.443. The summed E-state index contributed by atoms with van der Waals surface area (Å²) in [6, 6.07) is 83.8. The monoisotopic (exact) mass is 1210 g/mol. The quantitative estimate of drug-likeness (QED) is 0.111. The van der Waals surface area contributed by atoms with E-state index in [-0.39, 0.29) is 0 Å². The van der Waals surface area contributed by atoms with Crippen LogP contribution in [0, 0.1) is 71.0 Å². The van der Waals surface area contributed by atoms with Crippen LogP contribution in [-0.4, -0.2) is 0 Å². The summed E-state index contributed by atoms with van der Waals surface area (Å²) in [4.78, 5) is 0. The maximum absolute atomic E-state index is 6.70. The number of ether oxygens (including phenoxy) is 6. The SMILES string of the molecule is C(#Cc1ccc2c3c1Oc1ccc(C#Cc4ccccc4)c4c1P3c1c(ccc(C#Cc3ccccc3)c1O2)O4)c1ccccc1.C(#Cc1ccc2c3c1Oc1ccc(C#Cc4ccccc4)c4c1P3c1c(ccc(C#Cc3ccccc3)c1O2)O4)c1ccccc1. The van der Waals surface area contributed by atoms with Crippen LogP contribution in [0.25, 0.3) is 0 Å². The minimum absolute atomic E-state index is 0.730. The van der Waals surface area contributed by atoms with Gasteiger partial charge in [-0.1, -0.05) is 180 Å². The summed E-state index contributed by atoms with van der Waals surface area (Å²) in [5, 5.41) is 6.01. The third kappa shape index (κ3) is 9.81. The average molecular weight is 1210 g/mol. The molecule has 18 rings (SSSR count). The Balaban J connectivity index is 0.000000141. The maximum atomic E-state index is 6.70. The van der Waals surface area contributed by atoms with Gasteiger partial charge in [-0.2, -0.15) is 0 Å². The third-order valence-corrected chi connectivity index (χ3v) is 21.1. The Bertz CT molecular complexity index is 4600. The molecule has 0 aliphatic carbocycles. The first kappa shape index (κ1) is 53.9. The van der Waals surface area contributed by atoms with E-state index in [4.69, 9.17) is 28.4 Å². The van der Waals surface area contributed by atoms with Crippen LogP contribution in [0.4, 0.5) is 0 Å². The first-order valence-corrected chi connectivity index (χ1v) is 32.4. The highest BCUT2D eigenvalue weighted by Crippen LogP contribution is 2.62. The molecule has 12 aromatic carbocycles. The van der Waals surface area contributed by atoms with Crippen LogP contribution in [0.5, 0.6) is 69.0 Å². The van der Waals surface area contributed by atoms with Gasteiger partial charge in [-0.15, -0.1) is 0 Å². The topological polar surface area (TPSA) is 55.4 Å². The molecular formula is C84H42O6P2. The van der Waals surface area contributed by atoms with E-state index >= 15 is 0 Å². The van der Waals surface area contributed by atoms with Gasteiger partial charge in [0.2, 0.25) is 0 Å². The van der Waals surface area contributed by atoms with Gasteiger partial charge in [-0.25, -0.2) is 0 Å². The normalized spacial score (nSPS) is 12.3. The van der Waals surface area contributed by atoms with Crippen molar-refractivity contribution in [1.82, 2.24) is 0 Å². The number of rotatable bonds is 0. The summed E-state index contributed by atoms with van der Waals surface area (Å²) in [7, 11) is -2.25. The first-order valence-electron chi connectivity index (χ1n) is 29.7. The van der Waals surface area contributed by atoms with Gasteiger partial charge in [0, 0.05) is 49.2 Å². The highest BCUT2D eigenvalue weighted by molar-refractivity contribution is 7.81. The Morgan fingerprint density at radius 3 is 0.467 bits per heavy atom. The molecule has 0 N–H and O–H groups in total. The van der Waals surface area contributed by atoms with Crippen LogP contribution in [0.3, 0.4) is 0 Å². The Kier molecular flexibility index (Phi) is 13.5. The van der Waals surface area contributed by atoms with Crippen molar-refractivity contribution in [2.24, 2.45) is 0 Å². The van der Waals surface area contributed by atoms with Crippen molar-refractivity contribution < 1.29 is 28.4 Å². The summed E-state index contributed by atoms with van der Waals surface area (Å²) in [5.74, 6) is 48.9. The van der Waals surface area contributed by atoms with Gasteiger partial charge in [0.25, 0.3) is 0 Å². The molecule has 92 heavy (non-hydrogen) atoms. The van der Waals surface area contributed by atoms with Gasteiger partial charge in [0.15, 0.2) is 34.5 Å². The molecule has 6 nitrogen and oxygen atoms in total. The molecule has 0 saturated carbocycles. The van der Waals surface area contributed by atoms with Gasteiger partial charge in [0.1, 0.15) is 34.5 Å². The van der Waals surface area contributed by atoms with Crippen LogP contribution in [0.15, 0.2) is 255 Å². The minimum Gasteiger partial charge on any atom is -0.454 e. The number of hydrogen-bond donors (Lipinski definition) is 0. The van der Waals surface area contributed by atoms with Crippen molar-refractivity contribution in [3.05, 3.63) is 322 Å². The molecule has 6 aliphatic rings. The molecule has 0 bridgehead atoms. The van der Waals surface area contributed by atoms with Crippen molar-refractivity contribution in [3.63, 3.8) is 0 Å². The fourth-order valence-corrected chi connectivity index (χ4v) is 17.2. The zero-order chi connectivity index (χ0) is 60.9. The average Bonchev–Trinajstić information content (AvgIpc) is 0.709. The lowest BCUT2D eigenvalue weighted by atomic mass is 10.1. The predicted molar refractivity (Wildman–Crippen MR) is 365 cm³/mol. The molecule has 424 valence electrons. The second-order valence-corrected chi connectivity index (χ2v) is 25.7. The third-order valence-electron chi connectivity index (χ3n) is 15.9. The van der Waals surface area contributed by atoms with Gasteiger partial charge in [-0.05, 0) is 146 Å². The summed E-state index contributed by atoms with van der Waals surface area (Å²) in [5.41, 5.74) is 10.5. The zero-order valence-corrected chi connectivity index (χ0v) is 50.4. The Hall–Kier alpha value is -12.3. The highest BCUT2D eigenvalue weighted by Gasteiger charge is 2.47. The highest BCUT2D eigenvalue weighted by atomic mass is 31.1. The fraction of sp³-hybridized carbons (Fsp3) is 0. The van der Waals surface area contributed by atoms with E-state index < -0.39 is 15.8 Å². The van der Waals surface area contributed by atoms with E-state index in [2.05, 4.69) is 71.0 Å². The van der Waals surface area contributed by atoms with Crippen LogP contribution in [-0.2, 0) is 0 Å². The largest absolute Gasteiger partial charge is 0.454 e. The minimum atomic E-state index is -1.13. The summed E-state index contributed by atoms with van der Waals surface area (Å²) in [6.45, 7) is 0. The van der Waals surface area contributed by atoms with E-state index in [1.54, 1.807) is 0 Å². The Labute approximate surface area is 534 Å². The molecule has 0 aromatic heterocycles. The van der Waals surface area contributed by atoms with Gasteiger partial charge in [0.05, 0.1) is 65.2 Å². The molecule has 0 saturated heterocycles. The van der Waals surface area contributed by atoms with E-state index in [0.29, 0.717) is 0 Å². The first-order chi connectivity index (χ1) is 45.6. The van der Waals surface area contributed by atoms with Crippen LogP contribution < -0.4 is 60.2 Å². The second kappa shape index (κ2) is 23.0. The lowest BCUT2D eigenvalue weighted by Crippen LogP contribution is -2.36. The fourth-order valence-electron chi connectivity index (χ4n) is 11.6. The molecular weight excluding hydrogens is 1170 g/mol. The summed E-state index contributed by atoms with van der Waals surface area (Å²) < 4.78 is 40.2. The maximum Gasteiger partial charge on any atom is 0.155 e. The molecule has 12 aromatic rings. The Morgan fingerprint density at radius 2 is 0.315 bits per heavy atom. The van der Waals surface area contributed by atoms with Crippen molar-refractivity contribution in [2.75, 3.05) is 0 Å². The van der Waals surface area contributed by atoms with Crippen LogP contribution in [0.1, 0.15) is 66.8 Å². The van der Waals surface area contributed by atoms with Crippen LogP contribution >= 0.6 is 15.8 Å². The Morgan fingerprint density at radius 1 is 0.163 bits per heavy atom. The standard InChI is InChI=1S/2C42H21O3P/c2*1-4-10-28(11-5-1)16-19-31-22-25-34-40-37(31)43-35-26-23-32(20-17-29-12-6-2-7-13-29)38-41(35)46(40)42-36(45-38)27-24-33(39(42)44-34)21-18-30-14-8-3-9-15-30/h2*1-15,22-27H. The molecule has 0 atom stereocenters. The smallest absolute Gasteiger partial charge is 0.155 e. The molecule has 0 radical (unpaired) electrons. The van der Waals surface area contributed by atoms with Crippen molar-refractivity contribution in [2.45, 2.75) is 0 Å². The predicted octanol–water partition coefficient (Wildman–Crippen LogP) is 15.9. The summed E-state index contributed by atoms with van der Waals surface area (Å²) in [6.07, 6.45) is 0. The summed E-state index contributed by atoms with van der Waals surface area (Å²) >= 11 is 0. The zero-order valence-electron chi connectivity index (χ0n) is 48.6. The van der Waals surface area contributed by atoms with Crippen LogP contribution in [0.2, 0.25) is 0 Å². The van der Waals surface area contributed by atoms with Gasteiger partial charge < -0.3 is 28.4 Å². The van der Waals surface area contributed by atoms with Gasteiger partial charge in [-0.3, -0.25) is 0 Å². The molecule has 0 amide bonds. The molecule has 8 heteroatoms. The van der Waals surface area contributed by atoms with Crippen molar-refractivity contribution in [3.8, 4) is 140 Å². The van der Waals surface area contributed by atoms with E-state index in [1.165, 1.54) is 0 Å². The number of benzene rings is 12. The van der Waals surface area contributed by atoms with Crippen molar-refractivity contribution >= 4 is 47.7 Å². The number of hydrogen-bond acceptors (Lipinski definition) is 6. The second-order valence-electron chi connectivity index (χ2n) is 21.7. The van der Waals surface area contributed by atoms with E-state index in [9.17, 15) is 0 Å². The molecule has 0 unspecified atom stereocenters. The lowest BCUT2D eigenvalue weighted by Gasteiger charge is -2.39. The molecule has 0 spiro atoms. The van der Waals surface area contributed by atoms with E-state index in [0.717, 1.165) is 168 Å².